The van der Waals surface area contributed by atoms with Gasteiger partial charge in [-0.2, -0.15) is 0 Å². The van der Waals surface area contributed by atoms with Gasteiger partial charge in [-0.3, -0.25) is 19.7 Å². The molecule has 2 aliphatic heterocycles. The van der Waals surface area contributed by atoms with Crippen LogP contribution >= 0.6 is 0 Å². The van der Waals surface area contributed by atoms with Gasteiger partial charge in [-0.25, -0.2) is 0 Å². The predicted molar refractivity (Wildman–Crippen MR) is 142 cm³/mol. The van der Waals surface area contributed by atoms with Crippen molar-refractivity contribution in [3.8, 4) is 5.75 Å². The third-order valence-corrected chi connectivity index (χ3v) is 7.23. The molecule has 2 aromatic carbocycles. The number of benzene rings is 2. The second kappa shape index (κ2) is 10.2. The number of hydrogen-bond acceptors (Lipinski definition) is 7. The van der Waals surface area contributed by atoms with Gasteiger partial charge in [0.1, 0.15) is 17.9 Å². The van der Waals surface area contributed by atoms with Crippen LogP contribution in [-0.2, 0) is 27.4 Å². The van der Waals surface area contributed by atoms with E-state index < -0.39 is 11.4 Å². The summed E-state index contributed by atoms with van der Waals surface area (Å²) in [4.78, 5) is 38.9. The lowest BCUT2D eigenvalue weighted by atomic mass is 9.89. The molecule has 0 saturated carbocycles. The van der Waals surface area contributed by atoms with Crippen LogP contribution in [0.5, 0.6) is 5.75 Å². The first kappa shape index (κ1) is 25.3. The first-order valence-electron chi connectivity index (χ1n) is 12.5. The fraction of sp³-hybridized carbons (Fsp3) is 0.321. The highest BCUT2D eigenvalue weighted by Crippen LogP contribution is 2.37. The third kappa shape index (κ3) is 4.70. The average molecular weight is 518 g/mol. The number of hydrogen-bond donors (Lipinski definition) is 3. The van der Waals surface area contributed by atoms with Crippen LogP contribution in [0.15, 0.2) is 60.6 Å². The minimum absolute atomic E-state index is 0.111. The molecule has 198 valence electrons. The fourth-order valence-corrected chi connectivity index (χ4v) is 4.94. The largest absolute Gasteiger partial charge is 0.487 e. The second-order valence-corrected chi connectivity index (χ2v) is 9.75. The molecule has 1 aromatic heterocycles. The standard InChI is InChI=1S/C28H31N5O5/c1-28(10-8-25(34)31-27(28)36)33-16-22-21(26(33)35)4-3-5-24(22)38-17-19(29)15-30-20-6-7-23-18(14-20)9-11-32(23)12-13-37-2/h3-7,9,11,14-15,30H,8,10,12-13,16-17,29H2,1-2H3,(H,31,34,36)/b19-15-/t28-/m0/s1. The van der Waals surface area contributed by atoms with Gasteiger partial charge in [-0.05, 0) is 49.7 Å². The Morgan fingerprint density at radius 2 is 2.05 bits per heavy atom. The molecule has 0 radical (unpaired) electrons. The predicted octanol–water partition coefficient (Wildman–Crippen LogP) is 2.73. The highest BCUT2D eigenvalue weighted by Gasteiger charge is 2.49. The molecule has 10 nitrogen and oxygen atoms in total. The number of methoxy groups -OCH3 is 1. The molecule has 0 spiro atoms. The highest BCUT2D eigenvalue weighted by atomic mass is 16.5. The monoisotopic (exact) mass is 517 g/mol. The van der Waals surface area contributed by atoms with Gasteiger partial charge in [-0.1, -0.05) is 6.07 Å². The Morgan fingerprint density at radius 3 is 2.84 bits per heavy atom. The summed E-state index contributed by atoms with van der Waals surface area (Å²) in [6.45, 7) is 3.45. The molecule has 3 aromatic rings. The number of nitrogens with one attached hydrogen (secondary N) is 2. The van der Waals surface area contributed by atoms with Crippen molar-refractivity contribution in [3.63, 3.8) is 0 Å². The first-order chi connectivity index (χ1) is 18.3. The summed E-state index contributed by atoms with van der Waals surface area (Å²) in [7, 11) is 1.69. The van der Waals surface area contributed by atoms with Gasteiger partial charge in [0.25, 0.3) is 11.8 Å². The molecule has 0 aliphatic carbocycles. The number of amides is 3. The van der Waals surface area contributed by atoms with E-state index in [9.17, 15) is 14.4 Å². The van der Waals surface area contributed by atoms with Crippen molar-refractivity contribution < 1.29 is 23.9 Å². The van der Waals surface area contributed by atoms with E-state index in [1.54, 1.807) is 38.4 Å². The molecule has 2 aliphatic rings. The zero-order valence-corrected chi connectivity index (χ0v) is 21.5. The smallest absolute Gasteiger partial charge is 0.255 e. The van der Waals surface area contributed by atoms with Crippen LogP contribution < -0.4 is 21.1 Å². The van der Waals surface area contributed by atoms with E-state index in [2.05, 4.69) is 21.3 Å². The lowest BCUT2D eigenvalue weighted by molar-refractivity contribution is -0.142. The molecule has 38 heavy (non-hydrogen) atoms. The van der Waals surface area contributed by atoms with Gasteiger partial charge in [0.2, 0.25) is 5.91 Å². The number of fused-ring (bicyclic) bond motifs is 2. The van der Waals surface area contributed by atoms with E-state index in [0.29, 0.717) is 29.2 Å². The zero-order chi connectivity index (χ0) is 26.9. The molecular formula is C28H31N5O5. The Morgan fingerprint density at radius 1 is 1.21 bits per heavy atom. The van der Waals surface area contributed by atoms with Crippen molar-refractivity contribution in [1.29, 1.82) is 0 Å². The topological polar surface area (TPSA) is 128 Å². The molecular weight excluding hydrogens is 486 g/mol. The lowest BCUT2D eigenvalue weighted by Gasteiger charge is -2.39. The maximum atomic E-state index is 13.2. The van der Waals surface area contributed by atoms with Gasteiger partial charge in [-0.15, -0.1) is 0 Å². The van der Waals surface area contributed by atoms with E-state index in [0.717, 1.165) is 23.1 Å². The molecule has 10 heteroatoms. The summed E-state index contributed by atoms with van der Waals surface area (Å²) in [5.74, 6) is -0.504. The summed E-state index contributed by atoms with van der Waals surface area (Å²) in [6.07, 6.45) is 4.19. The third-order valence-electron chi connectivity index (χ3n) is 7.23. The Balaban J connectivity index is 1.24. The Hall–Kier alpha value is -4.31. The molecule has 5 rings (SSSR count). The van der Waals surface area contributed by atoms with Crippen molar-refractivity contribution in [2.45, 2.75) is 38.4 Å². The number of rotatable bonds is 9. The van der Waals surface area contributed by atoms with Crippen LogP contribution in [0.3, 0.4) is 0 Å². The van der Waals surface area contributed by atoms with Crippen molar-refractivity contribution >= 4 is 34.3 Å². The average Bonchev–Trinajstić information content (AvgIpc) is 3.48. The van der Waals surface area contributed by atoms with Crippen molar-refractivity contribution in [2.24, 2.45) is 5.73 Å². The normalized spacial score (nSPS) is 19.6. The Labute approximate surface area is 220 Å². The molecule has 1 atom stereocenters. The van der Waals surface area contributed by atoms with Crippen LogP contribution in [0, 0.1) is 0 Å². The summed E-state index contributed by atoms with van der Waals surface area (Å²) in [5, 5.41) is 6.67. The van der Waals surface area contributed by atoms with E-state index in [1.165, 1.54) is 4.90 Å². The number of anilines is 1. The molecule has 3 heterocycles. The van der Waals surface area contributed by atoms with Gasteiger partial charge in [0, 0.05) is 60.2 Å². The van der Waals surface area contributed by atoms with E-state index in [4.69, 9.17) is 15.2 Å². The molecule has 1 saturated heterocycles. The van der Waals surface area contributed by atoms with Crippen molar-refractivity contribution in [2.75, 3.05) is 25.6 Å². The van der Waals surface area contributed by atoms with Crippen LogP contribution in [-0.4, -0.2) is 53.1 Å². The van der Waals surface area contributed by atoms with Crippen LogP contribution in [0.2, 0.25) is 0 Å². The SMILES string of the molecule is COCCn1ccc2cc(N/C=C(\N)COc3cccc4c3CN([C@@]3(C)CCC(=O)NC3=O)C4=O)ccc21. The van der Waals surface area contributed by atoms with E-state index in [-0.39, 0.29) is 37.8 Å². The second-order valence-electron chi connectivity index (χ2n) is 9.75. The summed E-state index contributed by atoms with van der Waals surface area (Å²) < 4.78 is 13.3. The number of carbonyl (C=O) groups excluding carboxylic acids is 3. The summed E-state index contributed by atoms with van der Waals surface area (Å²) >= 11 is 0. The molecule has 4 N–H and O–H groups in total. The van der Waals surface area contributed by atoms with E-state index in [1.807, 2.05) is 24.4 Å². The Kier molecular flexibility index (Phi) is 6.81. The number of carbonyl (C=O) groups is 3. The van der Waals surface area contributed by atoms with Crippen molar-refractivity contribution in [3.05, 3.63) is 71.7 Å². The van der Waals surface area contributed by atoms with Crippen LogP contribution in [0.4, 0.5) is 5.69 Å². The molecule has 0 unspecified atom stereocenters. The minimum Gasteiger partial charge on any atom is -0.487 e. The zero-order valence-electron chi connectivity index (χ0n) is 21.5. The quantitative estimate of drug-likeness (QED) is 0.373. The van der Waals surface area contributed by atoms with E-state index >= 15 is 0 Å². The summed E-state index contributed by atoms with van der Waals surface area (Å²) in [5.41, 5.74) is 8.78. The minimum atomic E-state index is -1.10. The highest BCUT2D eigenvalue weighted by molar-refractivity contribution is 6.07. The maximum absolute atomic E-state index is 13.2. The first-order valence-corrected chi connectivity index (χ1v) is 12.5. The van der Waals surface area contributed by atoms with Crippen molar-refractivity contribution in [1.82, 2.24) is 14.8 Å². The van der Waals surface area contributed by atoms with Gasteiger partial charge in [0.15, 0.2) is 0 Å². The number of nitrogens with two attached hydrogens (primary N) is 1. The Bertz CT molecular complexity index is 1440. The number of aromatic nitrogens is 1. The summed E-state index contributed by atoms with van der Waals surface area (Å²) in [6, 6.07) is 13.4. The van der Waals surface area contributed by atoms with Crippen LogP contribution in [0.1, 0.15) is 35.7 Å². The number of imide groups is 1. The van der Waals surface area contributed by atoms with Crippen LogP contribution in [0.25, 0.3) is 10.9 Å². The molecule has 3 amide bonds. The lowest BCUT2D eigenvalue weighted by Crippen LogP contribution is -2.61. The number of ether oxygens (including phenoxy) is 2. The fourth-order valence-electron chi connectivity index (χ4n) is 4.94. The van der Waals surface area contributed by atoms with Gasteiger partial charge >= 0.3 is 0 Å². The van der Waals surface area contributed by atoms with Gasteiger partial charge in [0.05, 0.1) is 18.8 Å². The maximum Gasteiger partial charge on any atom is 0.255 e. The molecule has 1 fully saturated rings. The number of nitrogens with zero attached hydrogens (tertiary/aromatic N) is 2. The number of piperidine rings is 1. The molecule has 0 bridgehead atoms. The van der Waals surface area contributed by atoms with Gasteiger partial charge < -0.3 is 30.0 Å².